The molecule has 0 aromatic rings. The first-order valence-corrected chi connectivity index (χ1v) is 21.9. The lowest BCUT2D eigenvalue weighted by atomic mass is 9.99. The molecule has 1 aliphatic rings. The van der Waals surface area contributed by atoms with Gasteiger partial charge in [-0.2, -0.15) is 0 Å². The Morgan fingerprint density at radius 3 is 1.67 bits per heavy atom. The SMILES string of the molecule is CC/C=C\C/C=C\C/C=C\CCCCCCCCOCC(COC1OC(CO)C(O)C(O)C1O)OC(=O)CCCCCCC/C=C\C/C=C\CCCCCC. The summed E-state index contributed by atoms with van der Waals surface area (Å²) in [6.07, 6.45) is 39.5. The van der Waals surface area contributed by atoms with Gasteiger partial charge in [-0.3, -0.25) is 4.79 Å². The Labute approximate surface area is 335 Å². The molecule has 6 unspecified atom stereocenters. The lowest BCUT2D eigenvalue weighted by molar-refractivity contribution is -0.305. The maximum absolute atomic E-state index is 12.8. The van der Waals surface area contributed by atoms with E-state index < -0.39 is 43.4 Å². The molecule has 0 aliphatic carbocycles. The fourth-order valence-electron chi connectivity index (χ4n) is 6.24. The molecule has 1 rings (SSSR count). The van der Waals surface area contributed by atoms with Crippen LogP contribution in [-0.4, -0.2) is 89.6 Å². The highest BCUT2D eigenvalue weighted by atomic mass is 16.7. The molecule has 1 saturated heterocycles. The van der Waals surface area contributed by atoms with E-state index in [0.29, 0.717) is 13.0 Å². The second kappa shape index (κ2) is 37.5. The fourth-order valence-corrected chi connectivity index (χ4v) is 6.24. The Bertz CT molecular complexity index is 1020. The van der Waals surface area contributed by atoms with Crippen LogP contribution in [0.1, 0.15) is 162 Å². The Morgan fingerprint density at radius 2 is 1.11 bits per heavy atom. The van der Waals surface area contributed by atoms with Gasteiger partial charge in [-0.15, -0.1) is 0 Å². The monoisotopic (exact) mass is 777 g/mol. The van der Waals surface area contributed by atoms with Crippen LogP contribution in [0, 0.1) is 0 Å². The van der Waals surface area contributed by atoms with Crippen LogP contribution in [0.2, 0.25) is 0 Å². The van der Waals surface area contributed by atoms with Crippen LogP contribution in [0.4, 0.5) is 0 Å². The van der Waals surface area contributed by atoms with E-state index in [2.05, 4.69) is 74.6 Å². The lowest BCUT2D eigenvalue weighted by Gasteiger charge is -2.39. The van der Waals surface area contributed by atoms with Gasteiger partial charge in [0, 0.05) is 13.0 Å². The third-order valence-electron chi connectivity index (χ3n) is 9.67. The van der Waals surface area contributed by atoms with Crippen LogP contribution in [-0.2, 0) is 23.7 Å². The zero-order chi connectivity index (χ0) is 40.0. The van der Waals surface area contributed by atoms with Crippen molar-refractivity contribution in [3.63, 3.8) is 0 Å². The van der Waals surface area contributed by atoms with Crippen molar-refractivity contribution in [2.75, 3.05) is 26.4 Å². The molecule has 0 aromatic carbocycles. The van der Waals surface area contributed by atoms with E-state index in [1.165, 1.54) is 51.4 Å². The van der Waals surface area contributed by atoms with E-state index >= 15 is 0 Å². The maximum atomic E-state index is 12.8. The van der Waals surface area contributed by atoms with Crippen LogP contribution < -0.4 is 0 Å². The van der Waals surface area contributed by atoms with Gasteiger partial charge in [-0.1, -0.05) is 139 Å². The molecule has 9 heteroatoms. The number of ether oxygens (including phenoxy) is 4. The number of allylic oxidation sites excluding steroid dienone is 10. The molecule has 0 aromatic heterocycles. The Balaban J connectivity index is 2.31. The van der Waals surface area contributed by atoms with Crippen molar-refractivity contribution in [3.05, 3.63) is 60.8 Å². The maximum Gasteiger partial charge on any atom is 0.306 e. The van der Waals surface area contributed by atoms with Crippen molar-refractivity contribution in [1.82, 2.24) is 0 Å². The Kier molecular flexibility index (Phi) is 34.7. The van der Waals surface area contributed by atoms with Crippen LogP contribution in [0.5, 0.6) is 0 Å². The standard InChI is InChI=1S/C46H80O9/c1-3-5-7-9-11-13-15-17-19-21-23-25-27-29-31-33-35-42(48)54-40(39-53-46-45(51)44(50)43(49)41(37-47)55-46)38-52-36-34-32-30-28-26-24-22-20-18-16-14-12-10-8-6-4-2/h6,8,12-15,18-21,40-41,43-47,49-51H,3-5,7,9-11,16-17,22-39H2,1-2H3/b8-6-,14-12-,15-13-,20-18-,21-19-. The average molecular weight is 777 g/mol. The molecule has 1 fully saturated rings. The molecule has 0 radical (unpaired) electrons. The second-order valence-electron chi connectivity index (χ2n) is 14.8. The molecule has 0 bridgehead atoms. The van der Waals surface area contributed by atoms with Crippen molar-refractivity contribution in [2.24, 2.45) is 0 Å². The fraction of sp³-hybridized carbons (Fsp3) is 0.761. The molecule has 4 N–H and O–H groups in total. The minimum atomic E-state index is -1.54. The normalized spacial score (nSPS) is 21.3. The summed E-state index contributed by atoms with van der Waals surface area (Å²) in [7, 11) is 0. The predicted molar refractivity (Wildman–Crippen MR) is 224 cm³/mol. The first-order chi connectivity index (χ1) is 26.9. The zero-order valence-corrected chi connectivity index (χ0v) is 34.7. The smallest absolute Gasteiger partial charge is 0.306 e. The zero-order valence-electron chi connectivity index (χ0n) is 34.7. The Hall–Kier alpha value is -2.11. The number of carbonyl (C=O) groups is 1. The van der Waals surface area contributed by atoms with E-state index in [1.807, 2.05) is 0 Å². The van der Waals surface area contributed by atoms with Crippen molar-refractivity contribution < 1.29 is 44.2 Å². The van der Waals surface area contributed by atoms with E-state index in [-0.39, 0.29) is 19.2 Å². The quantitative estimate of drug-likeness (QED) is 0.0279. The molecule has 0 saturated carbocycles. The van der Waals surface area contributed by atoms with Crippen molar-refractivity contribution in [2.45, 2.75) is 198 Å². The molecule has 9 nitrogen and oxygen atoms in total. The summed E-state index contributed by atoms with van der Waals surface area (Å²) in [5.41, 5.74) is 0. The summed E-state index contributed by atoms with van der Waals surface area (Å²) in [5.74, 6) is -0.335. The topological polar surface area (TPSA) is 135 Å². The number of carbonyl (C=O) groups excluding carboxylic acids is 1. The number of esters is 1. The van der Waals surface area contributed by atoms with Crippen LogP contribution in [0.25, 0.3) is 0 Å². The van der Waals surface area contributed by atoms with Gasteiger partial charge in [0.05, 0.1) is 19.8 Å². The van der Waals surface area contributed by atoms with Gasteiger partial charge in [0.1, 0.15) is 30.5 Å². The molecule has 0 spiro atoms. The van der Waals surface area contributed by atoms with E-state index in [9.17, 15) is 25.2 Å². The van der Waals surface area contributed by atoms with Gasteiger partial charge in [0.15, 0.2) is 6.29 Å². The van der Waals surface area contributed by atoms with Gasteiger partial charge in [0.2, 0.25) is 0 Å². The summed E-state index contributed by atoms with van der Waals surface area (Å²) in [6, 6.07) is 0. The molecule has 6 atom stereocenters. The second-order valence-corrected chi connectivity index (χ2v) is 14.8. The van der Waals surface area contributed by atoms with E-state index in [0.717, 1.165) is 89.9 Å². The average Bonchev–Trinajstić information content (AvgIpc) is 3.18. The molecule has 0 amide bonds. The number of hydrogen-bond acceptors (Lipinski definition) is 9. The summed E-state index contributed by atoms with van der Waals surface area (Å²) < 4.78 is 22.8. The highest BCUT2D eigenvalue weighted by molar-refractivity contribution is 5.69. The summed E-state index contributed by atoms with van der Waals surface area (Å²) in [5, 5.41) is 40.1. The molecular weight excluding hydrogens is 696 g/mol. The first-order valence-electron chi connectivity index (χ1n) is 21.9. The summed E-state index contributed by atoms with van der Waals surface area (Å²) in [6.45, 7) is 4.37. The third-order valence-corrected chi connectivity index (χ3v) is 9.67. The number of hydrogen-bond donors (Lipinski definition) is 4. The third kappa shape index (κ3) is 28.9. The van der Waals surface area contributed by atoms with Gasteiger partial charge in [-0.05, 0) is 77.0 Å². The van der Waals surface area contributed by atoms with Crippen molar-refractivity contribution in [1.29, 1.82) is 0 Å². The lowest BCUT2D eigenvalue weighted by Crippen LogP contribution is -2.59. The van der Waals surface area contributed by atoms with Crippen LogP contribution >= 0.6 is 0 Å². The predicted octanol–water partition coefficient (Wildman–Crippen LogP) is 9.52. The minimum Gasteiger partial charge on any atom is -0.457 e. The highest BCUT2D eigenvalue weighted by Gasteiger charge is 2.44. The van der Waals surface area contributed by atoms with Gasteiger partial charge < -0.3 is 39.4 Å². The van der Waals surface area contributed by atoms with Crippen LogP contribution in [0.15, 0.2) is 60.8 Å². The molecule has 55 heavy (non-hydrogen) atoms. The Morgan fingerprint density at radius 1 is 0.600 bits per heavy atom. The summed E-state index contributed by atoms with van der Waals surface area (Å²) >= 11 is 0. The van der Waals surface area contributed by atoms with E-state index in [4.69, 9.17) is 18.9 Å². The first kappa shape index (κ1) is 50.9. The van der Waals surface area contributed by atoms with Crippen molar-refractivity contribution >= 4 is 5.97 Å². The van der Waals surface area contributed by atoms with Crippen LogP contribution in [0.3, 0.4) is 0 Å². The minimum absolute atomic E-state index is 0.127. The van der Waals surface area contributed by atoms with Gasteiger partial charge in [0.25, 0.3) is 0 Å². The van der Waals surface area contributed by atoms with E-state index in [1.54, 1.807) is 0 Å². The summed E-state index contributed by atoms with van der Waals surface area (Å²) in [4.78, 5) is 12.8. The van der Waals surface area contributed by atoms with Crippen molar-refractivity contribution in [3.8, 4) is 0 Å². The molecule has 1 aliphatic heterocycles. The number of aliphatic hydroxyl groups excluding tert-OH is 4. The highest BCUT2D eigenvalue weighted by Crippen LogP contribution is 2.22. The van der Waals surface area contributed by atoms with Gasteiger partial charge >= 0.3 is 5.97 Å². The number of unbranched alkanes of at least 4 members (excludes halogenated alkanes) is 15. The molecular formula is C46H80O9. The largest absolute Gasteiger partial charge is 0.457 e. The molecule has 318 valence electrons. The number of aliphatic hydroxyl groups is 4. The van der Waals surface area contributed by atoms with Gasteiger partial charge in [-0.25, -0.2) is 0 Å². The molecule has 1 heterocycles. The number of rotatable bonds is 36.